The summed E-state index contributed by atoms with van der Waals surface area (Å²) in [5, 5.41) is 0. The Morgan fingerprint density at radius 2 is 2.13 bits per heavy atom. The first-order valence-corrected chi connectivity index (χ1v) is 6.15. The molecule has 86 valence electrons. The van der Waals surface area contributed by atoms with Gasteiger partial charge in [0.05, 0.1) is 0 Å². The van der Waals surface area contributed by atoms with E-state index in [1.807, 2.05) is 0 Å². The maximum atomic E-state index is 13.0. The zero-order valence-electron chi connectivity index (χ0n) is 9.25. The first-order chi connectivity index (χ1) is 7.25. The summed E-state index contributed by atoms with van der Waals surface area (Å²) < 4.78 is 13.0. The van der Waals surface area contributed by atoms with E-state index in [4.69, 9.17) is 0 Å². The Hall–Kier alpha value is -0.440. The minimum absolute atomic E-state index is 0.192. The van der Waals surface area contributed by atoms with E-state index in [1.54, 1.807) is 0 Å². The average Bonchev–Trinajstić information content (AvgIpc) is 2.50. The molecule has 2 rings (SSSR count). The Labute approximate surface area is 90.8 Å². The van der Waals surface area contributed by atoms with Crippen LogP contribution in [0.1, 0.15) is 38.5 Å². The lowest BCUT2D eigenvalue weighted by molar-refractivity contribution is -0.123. The minimum atomic E-state index is -0.661. The third kappa shape index (κ3) is 3.00. The van der Waals surface area contributed by atoms with Gasteiger partial charge in [-0.05, 0) is 19.3 Å². The van der Waals surface area contributed by atoms with Crippen molar-refractivity contribution in [1.82, 2.24) is 4.90 Å². The van der Waals surface area contributed by atoms with Crippen LogP contribution in [0, 0.1) is 5.92 Å². The highest BCUT2D eigenvalue weighted by Gasteiger charge is 2.27. The maximum Gasteiger partial charge on any atom is 0.137 e. The van der Waals surface area contributed by atoms with Crippen molar-refractivity contribution in [2.75, 3.05) is 19.6 Å². The number of ketones is 1. The lowest BCUT2D eigenvalue weighted by atomic mass is 9.98. The van der Waals surface area contributed by atoms with Gasteiger partial charge >= 0.3 is 0 Å². The molecule has 0 amide bonds. The van der Waals surface area contributed by atoms with E-state index < -0.39 is 6.17 Å². The van der Waals surface area contributed by atoms with E-state index in [1.165, 1.54) is 12.8 Å². The molecule has 0 N–H and O–H groups in total. The van der Waals surface area contributed by atoms with Gasteiger partial charge in [-0.1, -0.05) is 12.8 Å². The third-order valence-corrected chi connectivity index (χ3v) is 3.62. The smallest absolute Gasteiger partial charge is 0.137 e. The van der Waals surface area contributed by atoms with Crippen molar-refractivity contribution in [3.63, 3.8) is 0 Å². The number of carbonyl (C=O) groups excluding carboxylic acids is 1. The van der Waals surface area contributed by atoms with Crippen molar-refractivity contribution in [2.24, 2.45) is 5.92 Å². The molecular formula is C12H20FNO. The predicted molar refractivity (Wildman–Crippen MR) is 57.5 cm³/mol. The molecule has 1 aliphatic carbocycles. The molecule has 15 heavy (non-hydrogen) atoms. The zero-order valence-corrected chi connectivity index (χ0v) is 9.25. The van der Waals surface area contributed by atoms with Crippen LogP contribution in [0.3, 0.4) is 0 Å². The topological polar surface area (TPSA) is 20.3 Å². The van der Waals surface area contributed by atoms with Crippen LogP contribution in [0.5, 0.6) is 0 Å². The fraction of sp³-hybridized carbons (Fsp3) is 0.917. The molecule has 2 nitrogen and oxygen atoms in total. The molecule has 1 saturated heterocycles. The Morgan fingerprint density at radius 1 is 1.27 bits per heavy atom. The van der Waals surface area contributed by atoms with E-state index in [9.17, 15) is 9.18 Å². The maximum absolute atomic E-state index is 13.0. The summed E-state index contributed by atoms with van der Waals surface area (Å²) in [5.41, 5.74) is 0. The fourth-order valence-electron chi connectivity index (χ4n) is 2.69. The standard InChI is InChI=1S/C12H20FNO/c13-11-6-7-14(9-11)8-10-4-2-1-3-5-12(10)15/h10-11H,1-9H2. The van der Waals surface area contributed by atoms with Gasteiger partial charge in [-0.15, -0.1) is 0 Å². The van der Waals surface area contributed by atoms with E-state index in [0.29, 0.717) is 18.7 Å². The molecule has 0 aromatic carbocycles. The van der Waals surface area contributed by atoms with Crippen molar-refractivity contribution in [3.05, 3.63) is 0 Å². The van der Waals surface area contributed by atoms with Crippen molar-refractivity contribution in [2.45, 2.75) is 44.7 Å². The van der Waals surface area contributed by atoms with Gasteiger partial charge in [-0.25, -0.2) is 4.39 Å². The van der Waals surface area contributed by atoms with Crippen LogP contribution in [0.2, 0.25) is 0 Å². The van der Waals surface area contributed by atoms with Crippen LogP contribution >= 0.6 is 0 Å². The van der Waals surface area contributed by atoms with Gasteiger partial charge in [0.2, 0.25) is 0 Å². The van der Waals surface area contributed by atoms with Gasteiger partial charge in [-0.3, -0.25) is 9.69 Å². The predicted octanol–water partition coefficient (Wildman–Crippen LogP) is 2.18. The van der Waals surface area contributed by atoms with Crippen LogP contribution in [-0.4, -0.2) is 36.5 Å². The van der Waals surface area contributed by atoms with E-state index in [0.717, 1.165) is 32.4 Å². The number of hydrogen-bond donors (Lipinski definition) is 0. The summed E-state index contributed by atoms with van der Waals surface area (Å²) in [5.74, 6) is 0.604. The van der Waals surface area contributed by atoms with Gasteiger partial charge in [0, 0.05) is 32.0 Å². The number of Topliss-reactive ketones (excluding diaryl/α,β-unsaturated/α-hetero) is 1. The van der Waals surface area contributed by atoms with Crippen molar-refractivity contribution >= 4 is 5.78 Å². The molecular weight excluding hydrogens is 193 g/mol. The summed E-state index contributed by atoms with van der Waals surface area (Å²) in [4.78, 5) is 13.9. The van der Waals surface area contributed by atoms with Gasteiger partial charge in [0.15, 0.2) is 0 Å². The molecule has 0 spiro atoms. The van der Waals surface area contributed by atoms with Crippen LogP contribution in [-0.2, 0) is 4.79 Å². The first-order valence-electron chi connectivity index (χ1n) is 6.15. The summed E-state index contributed by atoms with van der Waals surface area (Å²) >= 11 is 0. The molecule has 0 aromatic heterocycles. The third-order valence-electron chi connectivity index (χ3n) is 3.62. The van der Waals surface area contributed by atoms with Gasteiger partial charge in [-0.2, -0.15) is 0 Å². The van der Waals surface area contributed by atoms with E-state index in [-0.39, 0.29) is 5.92 Å². The number of rotatable bonds is 2. The zero-order chi connectivity index (χ0) is 10.7. The first kappa shape index (κ1) is 11.1. The average molecular weight is 213 g/mol. The van der Waals surface area contributed by atoms with E-state index >= 15 is 0 Å². The number of alkyl halides is 1. The lowest BCUT2D eigenvalue weighted by Crippen LogP contribution is -2.31. The van der Waals surface area contributed by atoms with Crippen LogP contribution < -0.4 is 0 Å². The molecule has 0 bridgehead atoms. The Bertz CT molecular complexity index is 232. The number of nitrogens with zero attached hydrogens (tertiary/aromatic N) is 1. The van der Waals surface area contributed by atoms with Crippen molar-refractivity contribution in [1.29, 1.82) is 0 Å². The monoisotopic (exact) mass is 213 g/mol. The second kappa shape index (κ2) is 5.06. The molecule has 2 fully saturated rings. The van der Waals surface area contributed by atoms with Crippen LogP contribution in [0.15, 0.2) is 0 Å². The summed E-state index contributed by atoms with van der Waals surface area (Å²) in [7, 11) is 0. The molecule has 2 atom stereocenters. The second-order valence-electron chi connectivity index (χ2n) is 4.91. The SMILES string of the molecule is O=C1CCCCCC1CN1CCC(F)C1. The van der Waals surface area contributed by atoms with Gasteiger partial charge in [0.1, 0.15) is 12.0 Å². The summed E-state index contributed by atoms with van der Waals surface area (Å²) in [6.45, 7) is 2.19. The normalized spacial score (nSPS) is 34.3. The fourth-order valence-corrected chi connectivity index (χ4v) is 2.69. The van der Waals surface area contributed by atoms with Gasteiger partial charge < -0.3 is 0 Å². The molecule has 0 aromatic rings. The molecule has 1 aliphatic heterocycles. The Kier molecular flexibility index (Phi) is 3.73. The molecule has 3 heteroatoms. The van der Waals surface area contributed by atoms with Crippen molar-refractivity contribution < 1.29 is 9.18 Å². The number of carbonyl (C=O) groups is 1. The largest absolute Gasteiger partial charge is 0.300 e. The number of likely N-dealkylation sites (tertiary alicyclic amines) is 1. The van der Waals surface area contributed by atoms with Gasteiger partial charge in [0.25, 0.3) is 0 Å². The van der Waals surface area contributed by atoms with Crippen LogP contribution in [0.25, 0.3) is 0 Å². The molecule has 0 radical (unpaired) electrons. The highest BCUT2D eigenvalue weighted by Crippen LogP contribution is 2.23. The molecule has 1 saturated carbocycles. The highest BCUT2D eigenvalue weighted by atomic mass is 19.1. The number of halogens is 1. The lowest BCUT2D eigenvalue weighted by Gasteiger charge is -2.20. The minimum Gasteiger partial charge on any atom is -0.300 e. The Morgan fingerprint density at radius 3 is 2.87 bits per heavy atom. The van der Waals surface area contributed by atoms with E-state index in [2.05, 4.69) is 4.90 Å². The second-order valence-corrected chi connectivity index (χ2v) is 4.91. The molecule has 2 aliphatic rings. The van der Waals surface area contributed by atoms with Crippen LogP contribution in [0.4, 0.5) is 4.39 Å². The summed E-state index contributed by atoms with van der Waals surface area (Å²) in [6.07, 6.45) is 5.18. The molecule has 2 unspecified atom stereocenters. The summed E-state index contributed by atoms with van der Waals surface area (Å²) in [6, 6.07) is 0. The molecule has 1 heterocycles. The quantitative estimate of drug-likeness (QED) is 0.655. The number of hydrogen-bond acceptors (Lipinski definition) is 2. The van der Waals surface area contributed by atoms with Crippen molar-refractivity contribution in [3.8, 4) is 0 Å². The highest BCUT2D eigenvalue weighted by molar-refractivity contribution is 5.81. The Balaban J connectivity index is 1.83.